The van der Waals surface area contributed by atoms with Crippen molar-refractivity contribution in [1.29, 1.82) is 0 Å². The predicted octanol–water partition coefficient (Wildman–Crippen LogP) is 4.64. The maximum absolute atomic E-state index is 12.1. The number of benzene rings is 2. The lowest BCUT2D eigenvalue weighted by Crippen LogP contribution is -2.46. The minimum Gasteiger partial charge on any atom is -0.481 e. The number of carboxylic acid groups (broad SMARTS) is 1. The van der Waals surface area contributed by atoms with Crippen molar-refractivity contribution in [2.45, 2.75) is 38.5 Å². The third-order valence-electron chi connectivity index (χ3n) is 4.73. The van der Waals surface area contributed by atoms with E-state index in [1.165, 1.54) is 0 Å². The molecule has 0 radical (unpaired) electrons. The van der Waals surface area contributed by atoms with E-state index >= 15 is 0 Å². The van der Waals surface area contributed by atoms with Crippen molar-refractivity contribution < 1.29 is 9.90 Å². The van der Waals surface area contributed by atoms with Crippen LogP contribution in [0, 0.1) is 5.92 Å². The van der Waals surface area contributed by atoms with Crippen LogP contribution in [0.3, 0.4) is 0 Å². The predicted molar refractivity (Wildman–Crippen MR) is 90.1 cm³/mol. The van der Waals surface area contributed by atoms with Gasteiger partial charge in [0.15, 0.2) is 0 Å². The molecule has 0 heterocycles. The van der Waals surface area contributed by atoms with E-state index in [9.17, 15) is 9.90 Å². The first-order chi connectivity index (χ1) is 10.3. The maximum atomic E-state index is 12.1. The van der Waals surface area contributed by atoms with Crippen LogP contribution >= 0.6 is 0 Å². The van der Waals surface area contributed by atoms with Gasteiger partial charge in [0.05, 0.1) is 5.92 Å². The Morgan fingerprint density at radius 1 is 0.773 bits per heavy atom. The summed E-state index contributed by atoms with van der Waals surface area (Å²) in [6, 6.07) is 19.8. The van der Waals surface area contributed by atoms with Gasteiger partial charge in [0.25, 0.3) is 0 Å². The Hall–Kier alpha value is -2.09. The molecule has 2 nitrogen and oxygen atoms in total. The van der Waals surface area contributed by atoms with E-state index < -0.39 is 22.7 Å². The van der Waals surface area contributed by atoms with Crippen LogP contribution in [0.2, 0.25) is 0 Å². The number of hydrogen-bond acceptors (Lipinski definition) is 1. The van der Waals surface area contributed by atoms with E-state index in [0.717, 1.165) is 11.1 Å². The molecule has 0 aromatic heterocycles. The molecule has 0 saturated heterocycles. The molecule has 0 aliphatic rings. The van der Waals surface area contributed by atoms with E-state index in [4.69, 9.17) is 0 Å². The fourth-order valence-electron chi connectivity index (χ4n) is 3.59. The molecule has 0 bridgehead atoms. The van der Waals surface area contributed by atoms with Gasteiger partial charge in [-0.25, -0.2) is 0 Å². The Bertz CT molecular complexity index is 576. The van der Waals surface area contributed by atoms with Crippen LogP contribution in [0.5, 0.6) is 0 Å². The first-order valence-corrected chi connectivity index (χ1v) is 7.62. The highest BCUT2D eigenvalue weighted by Crippen LogP contribution is 2.44. The summed E-state index contributed by atoms with van der Waals surface area (Å²) in [6.07, 6.45) is 0. The van der Waals surface area contributed by atoms with Gasteiger partial charge in [0.2, 0.25) is 0 Å². The van der Waals surface area contributed by atoms with Gasteiger partial charge in [-0.1, -0.05) is 88.4 Å². The lowest BCUT2D eigenvalue weighted by molar-refractivity contribution is -0.146. The standard InChI is InChI=1S/C20H24O2/c1-19(2,15-11-7-5-8-12-15)17(18(21)22)20(3,4)16-13-9-6-10-14-16/h5-14,17H,1-4H3,(H,21,22). The van der Waals surface area contributed by atoms with Gasteiger partial charge >= 0.3 is 5.97 Å². The molecule has 116 valence electrons. The van der Waals surface area contributed by atoms with Gasteiger partial charge in [-0.05, 0) is 11.1 Å². The molecule has 0 spiro atoms. The van der Waals surface area contributed by atoms with Crippen molar-refractivity contribution in [2.24, 2.45) is 5.92 Å². The molecular formula is C20H24O2. The van der Waals surface area contributed by atoms with E-state index in [0.29, 0.717) is 0 Å². The van der Waals surface area contributed by atoms with Crippen molar-refractivity contribution in [3.8, 4) is 0 Å². The van der Waals surface area contributed by atoms with Gasteiger partial charge in [0.1, 0.15) is 0 Å². The largest absolute Gasteiger partial charge is 0.481 e. The Labute approximate surface area is 132 Å². The van der Waals surface area contributed by atoms with Gasteiger partial charge in [0, 0.05) is 10.8 Å². The van der Waals surface area contributed by atoms with Gasteiger partial charge in [-0.2, -0.15) is 0 Å². The third-order valence-corrected chi connectivity index (χ3v) is 4.73. The first kappa shape index (κ1) is 16.3. The second-order valence-corrected chi connectivity index (χ2v) is 6.95. The van der Waals surface area contributed by atoms with Crippen LogP contribution in [0.1, 0.15) is 38.8 Å². The lowest BCUT2D eigenvalue weighted by atomic mass is 9.60. The van der Waals surface area contributed by atoms with Crippen molar-refractivity contribution in [1.82, 2.24) is 0 Å². The molecule has 0 aliphatic heterocycles. The summed E-state index contributed by atoms with van der Waals surface area (Å²) in [5, 5.41) is 9.97. The zero-order valence-electron chi connectivity index (χ0n) is 13.7. The summed E-state index contributed by atoms with van der Waals surface area (Å²) in [4.78, 5) is 12.1. The zero-order valence-corrected chi connectivity index (χ0v) is 13.7. The minimum absolute atomic E-state index is 0.480. The van der Waals surface area contributed by atoms with E-state index in [1.54, 1.807) is 0 Å². The first-order valence-electron chi connectivity index (χ1n) is 7.62. The zero-order chi connectivity index (χ0) is 16.4. The van der Waals surface area contributed by atoms with Crippen LogP contribution in [0.4, 0.5) is 0 Å². The number of hydrogen-bond donors (Lipinski definition) is 1. The number of aliphatic carboxylic acids is 1. The number of carbonyl (C=O) groups is 1. The molecule has 0 unspecified atom stereocenters. The van der Waals surface area contributed by atoms with E-state index in [2.05, 4.69) is 0 Å². The second kappa shape index (κ2) is 5.96. The highest BCUT2D eigenvalue weighted by molar-refractivity contribution is 5.74. The Kier molecular flexibility index (Phi) is 4.41. The molecule has 0 fully saturated rings. The number of carboxylic acids is 1. The van der Waals surface area contributed by atoms with Crippen LogP contribution < -0.4 is 0 Å². The molecule has 1 N–H and O–H groups in total. The molecule has 0 amide bonds. The van der Waals surface area contributed by atoms with Gasteiger partial charge in [-0.3, -0.25) is 4.79 Å². The van der Waals surface area contributed by atoms with Crippen LogP contribution in [0.15, 0.2) is 60.7 Å². The summed E-state index contributed by atoms with van der Waals surface area (Å²) in [7, 11) is 0. The molecule has 2 aromatic carbocycles. The summed E-state index contributed by atoms with van der Waals surface area (Å²) < 4.78 is 0. The second-order valence-electron chi connectivity index (χ2n) is 6.95. The molecule has 0 saturated carbocycles. The molecule has 0 atom stereocenters. The SMILES string of the molecule is CC(C)(c1ccccc1)C(C(=O)O)C(C)(C)c1ccccc1. The van der Waals surface area contributed by atoms with Crippen molar-refractivity contribution in [3.63, 3.8) is 0 Å². The average molecular weight is 296 g/mol. The summed E-state index contributed by atoms with van der Waals surface area (Å²) in [5.74, 6) is -1.30. The maximum Gasteiger partial charge on any atom is 0.308 e. The molecule has 22 heavy (non-hydrogen) atoms. The monoisotopic (exact) mass is 296 g/mol. The van der Waals surface area contributed by atoms with Gasteiger partial charge < -0.3 is 5.11 Å². The summed E-state index contributed by atoms with van der Waals surface area (Å²) in [5.41, 5.74) is 1.14. The average Bonchev–Trinajstić information content (AvgIpc) is 2.48. The quantitative estimate of drug-likeness (QED) is 0.872. The fourth-order valence-corrected chi connectivity index (χ4v) is 3.59. The minimum atomic E-state index is -0.761. The molecule has 2 rings (SSSR count). The van der Waals surface area contributed by atoms with Crippen LogP contribution in [0.25, 0.3) is 0 Å². The van der Waals surface area contributed by atoms with Crippen molar-refractivity contribution >= 4 is 5.97 Å². The molecule has 2 heteroatoms. The normalized spacial score (nSPS) is 12.4. The lowest BCUT2D eigenvalue weighted by Gasteiger charge is -2.42. The van der Waals surface area contributed by atoms with Crippen molar-refractivity contribution in [2.75, 3.05) is 0 Å². The molecule has 0 aliphatic carbocycles. The smallest absolute Gasteiger partial charge is 0.308 e. The molecule has 2 aromatic rings. The van der Waals surface area contributed by atoms with E-state index in [1.807, 2.05) is 88.4 Å². The topological polar surface area (TPSA) is 37.3 Å². The van der Waals surface area contributed by atoms with E-state index in [-0.39, 0.29) is 0 Å². The highest BCUT2D eigenvalue weighted by atomic mass is 16.4. The highest BCUT2D eigenvalue weighted by Gasteiger charge is 2.47. The van der Waals surface area contributed by atoms with Crippen LogP contribution in [-0.2, 0) is 15.6 Å². The van der Waals surface area contributed by atoms with Gasteiger partial charge in [-0.15, -0.1) is 0 Å². The number of rotatable bonds is 5. The summed E-state index contributed by atoms with van der Waals surface area (Å²) >= 11 is 0. The fraction of sp³-hybridized carbons (Fsp3) is 0.350. The van der Waals surface area contributed by atoms with Crippen LogP contribution in [-0.4, -0.2) is 11.1 Å². The molecular weight excluding hydrogens is 272 g/mol. The van der Waals surface area contributed by atoms with Crippen molar-refractivity contribution in [3.05, 3.63) is 71.8 Å². The third kappa shape index (κ3) is 2.92. The Balaban J connectivity index is 2.53. The summed E-state index contributed by atoms with van der Waals surface area (Å²) in [6.45, 7) is 8.08. The Morgan fingerprint density at radius 3 is 1.36 bits per heavy atom. The Morgan fingerprint density at radius 2 is 1.09 bits per heavy atom.